The van der Waals surface area contributed by atoms with Crippen LogP contribution in [0.2, 0.25) is 5.02 Å². The molecule has 0 unspecified atom stereocenters. The Labute approximate surface area is 155 Å². The van der Waals surface area contributed by atoms with Crippen LogP contribution in [0.4, 0.5) is 0 Å². The van der Waals surface area contributed by atoms with Crippen LogP contribution in [0, 0.1) is 0 Å². The number of nitrogens with one attached hydrogen (secondary N) is 2. The highest BCUT2D eigenvalue weighted by molar-refractivity contribution is 6.30. The van der Waals surface area contributed by atoms with Crippen molar-refractivity contribution in [1.29, 1.82) is 0 Å². The van der Waals surface area contributed by atoms with Gasteiger partial charge < -0.3 is 15.4 Å². The molecular weight excluding hydrogens is 334 g/mol. The number of benzene rings is 2. The molecule has 25 heavy (non-hydrogen) atoms. The number of rotatable bonds is 7. The van der Waals surface area contributed by atoms with Gasteiger partial charge in [-0.05, 0) is 42.7 Å². The van der Waals surface area contributed by atoms with Crippen LogP contribution < -0.4 is 10.6 Å². The summed E-state index contributed by atoms with van der Waals surface area (Å²) in [6.45, 7) is 6.11. The molecule has 0 aromatic heterocycles. The van der Waals surface area contributed by atoms with Gasteiger partial charge in [0.15, 0.2) is 5.96 Å². The lowest BCUT2D eigenvalue weighted by molar-refractivity contribution is 0.0657. The van der Waals surface area contributed by atoms with Gasteiger partial charge in [-0.15, -0.1) is 0 Å². The molecular formula is C20H26ClN3O. The average Bonchev–Trinajstić information content (AvgIpc) is 2.61. The molecule has 2 rings (SSSR count). The molecule has 0 atom stereocenters. The summed E-state index contributed by atoms with van der Waals surface area (Å²) < 4.78 is 5.61. The van der Waals surface area contributed by atoms with Crippen molar-refractivity contribution < 1.29 is 4.74 Å². The van der Waals surface area contributed by atoms with E-state index in [9.17, 15) is 0 Å². The van der Waals surface area contributed by atoms with Crippen LogP contribution in [0.15, 0.2) is 53.5 Å². The zero-order valence-electron chi connectivity index (χ0n) is 15.1. The van der Waals surface area contributed by atoms with E-state index in [1.165, 1.54) is 11.1 Å². The predicted molar refractivity (Wildman–Crippen MR) is 105 cm³/mol. The van der Waals surface area contributed by atoms with Crippen LogP contribution in [-0.4, -0.2) is 19.1 Å². The number of guanidine groups is 1. The van der Waals surface area contributed by atoms with Gasteiger partial charge in [0.25, 0.3) is 0 Å². The lowest BCUT2D eigenvalue weighted by atomic mass is 10.1. The van der Waals surface area contributed by atoms with Gasteiger partial charge in [-0.1, -0.05) is 48.0 Å². The zero-order valence-corrected chi connectivity index (χ0v) is 15.8. The van der Waals surface area contributed by atoms with Crippen molar-refractivity contribution in [2.24, 2.45) is 4.99 Å². The Bertz CT molecular complexity index is 684. The summed E-state index contributed by atoms with van der Waals surface area (Å²) in [4.78, 5) is 4.25. The molecule has 0 saturated heterocycles. The van der Waals surface area contributed by atoms with Crippen LogP contribution in [0.1, 0.15) is 30.5 Å². The van der Waals surface area contributed by atoms with E-state index in [1.807, 2.05) is 38.1 Å². The summed E-state index contributed by atoms with van der Waals surface area (Å²) >= 11 is 6.01. The minimum atomic E-state index is 0.246. The van der Waals surface area contributed by atoms with Crippen LogP contribution in [0.25, 0.3) is 0 Å². The van der Waals surface area contributed by atoms with Crippen molar-refractivity contribution in [3.05, 3.63) is 70.2 Å². The molecule has 0 aliphatic heterocycles. The van der Waals surface area contributed by atoms with Gasteiger partial charge in [-0.2, -0.15) is 0 Å². The number of hydrogen-bond acceptors (Lipinski definition) is 2. The number of aliphatic imine (C=N–C) groups is 1. The highest BCUT2D eigenvalue weighted by Crippen LogP contribution is 2.10. The monoisotopic (exact) mass is 359 g/mol. The topological polar surface area (TPSA) is 45.7 Å². The Morgan fingerprint density at radius 3 is 2.24 bits per heavy atom. The van der Waals surface area contributed by atoms with E-state index in [0.717, 1.165) is 16.5 Å². The molecule has 5 heteroatoms. The lowest BCUT2D eigenvalue weighted by Gasteiger charge is -2.13. The van der Waals surface area contributed by atoms with Gasteiger partial charge >= 0.3 is 0 Å². The Morgan fingerprint density at radius 2 is 1.64 bits per heavy atom. The molecule has 0 aliphatic rings. The minimum Gasteiger partial charge on any atom is -0.374 e. The fraction of sp³-hybridized carbons (Fsp3) is 0.350. The first kappa shape index (κ1) is 19.3. The molecule has 2 aromatic carbocycles. The number of halogens is 1. The lowest BCUT2D eigenvalue weighted by Crippen LogP contribution is -2.36. The predicted octanol–water partition coefficient (Wildman–Crippen LogP) is 4.13. The van der Waals surface area contributed by atoms with Crippen LogP contribution in [0.3, 0.4) is 0 Å². The Hall–Kier alpha value is -2.04. The maximum atomic E-state index is 6.01. The van der Waals surface area contributed by atoms with Crippen molar-refractivity contribution in [3.63, 3.8) is 0 Å². The minimum absolute atomic E-state index is 0.246. The third-order valence-electron chi connectivity index (χ3n) is 3.64. The molecule has 4 nitrogen and oxygen atoms in total. The fourth-order valence-corrected chi connectivity index (χ4v) is 2.47. The van der Waals surface area contributed by atoms with E-state index in [4.69, 9.17) is 16.3 Å². The largest absolute Gasteiger partial charge is 0.374 e. The quantitative estimate of drug-likeness (QED) is 0.577. The number of nitrogens with zero attached hydrogens (tertiary/aromatic N) is 1. The molecule has 0 radical (unpaired) electrons. The fourth-order valence-electron chi connectivity index (χ4n) is 2.26. The van der Waals surface area contributed by atoms with E-state index < -0.39 is 0 Å². The van der Waals surface area contributed by atoms with Crippen molar-refractivity contribution in [3.8, 4) is 0 Å². The third-order valence-corrected chi connectivity index (χ3v) is 3.87. The Kier molecular flexibility index (Phi) is 7.76. The summed E-state index contributed by atoms with van der Waals surface area (Å²) in [5.74, 6) is 0.757. The van der Waals surface area contributed by atoms with Gasteiger partial charge in [0.05, 0.1) is 12.7 Å². The second-order valence-electron chi connectivity index (χ2n) is 6.09. The van der Waals surface area contributed by atoms with Crippen molar-refractivity contribution in [1.82, 2.24) is 10.6 Å². The van der Waals surface area contributed by atoms with E-state index in [0.29, 0.717) is 19.7 Å². The SMILES string of the molecule is CN=C(NCc1ccc(COC(C)C)cc1)NCc1cccc(Cl)c1. The van der Waals surface area contributed by atoms with Crippen LogP contribution in [-0.2, 0) is 24.4 Å². The van der Waals surface area contributed by atoms with E-state index in [2.05, 4.69) is 39.9 Å². The van der Waals surface area contributed by atoms with Gasteiger partial charge in [-0.25, -0.2) is 0 Å². The van der Waals surface area contributed by atoms with Gasteiger partial charge in [0.1, 0.15) is 0 Å². The first-order chi connectivity index (χ1) is 12.1. The Balaban J connectivity index is 1.80. The Morgan fingerprint density at radius 1 is 1.00 bits per heavy atom. The maximum absolute atomic E-state index is 6.01. The van der Waals surface area contributed by atoms with Crippen LogP contribution >= 0.6 is 11.6 Å². The number of hydrogen-bond donors (Lipinski definition) is 2. The van der Waals surface area contributed by atoms with Crippen molar-refractivity contribution >= 4 is 17.6 Å². The molecule has 0 fully saturated rings. The average molecular weight is 360 g/mol. The van der Waals surface area contributed by atoms with Crippen molar-refractivity contribution in [2.45, 2.75) is 39.6 Å². The van der Waals surface area contributed by atoms with Crippen molar-refractivity contribution in [2.75, 3.05) is 7.05 Å². The molecule has 0 amide bonds. The van der Waals surface area contributed by atoms with E-state index in [1.54, 1.807) is 7.05 Å². The molecule has 0 aliphatic carbocycles. The first-order valence-electron chi connectivity index (χ1n) is 8.45. The molecule has 2 N–H and O–H groups in total. The van der Waals surface area contributed by atoms with Gasteiger partial charge in [0, 0.05) is 25.2 Å². The smallest absolute Gasteiger partial charge is 0.191 e. The maximum Gasteiger partial charge on any atom is 0.191 e. The normalized spacial score (nSPS) is 11.6. The molecule has 0 bridgehead atoms. The molecule has 134 valence electrons. The third kappa shape index (κ3) is 7.16. The van der Waals surface area contributed by atoms with Crippen LogP contribution in [0.5, 0.6) is 0 Å². The molecule has 0 spiro atoms. The summed E-state index contributed by atoms with van der Waals surface area (Å²) in [6.07, 6.45) is 0.246. The highest BCUT2D eigenvalue weighted by Gasteiger charge is 2.01. The molecule has 0 heterocycles. The van der Waals surface area contributed by atoms with Gasteiger partial charge in [0.2, 0.25) is 0 Å². The standard InChI is InChI=1S/C20H26ClN3O/c1-15(2)25-14-17-9-7-16(8-10-17)12-23-20(22-3)24-13-18-5-4-6-19(21)11-18/h4-11,15H,12-14H2,1-3H3,(H2,22,23,24). The zero-order chi connectivity index (χ0) is 18.1. The summed E-state index contributed by atoms with van der Waals surface area (Å²) in [5, 5.41) is 7.34. The highest BCUT2D eigenvalue weighted by atomic mass is 35.5. The summed E-state index contributed by atoms with van der Waals surface area (Å²) in [6, 6.07) is 16.2. The summed E-state index contributed by atoms with van der Waals surface area (Å²) in [7, 11) is 1.76. The first-order valence-corrected chi connectivity index (χ1v) is 8.83. The number of ether oxygens (including phenoxy) is 1. The van der Waals surface area contributed by atoms with E-state index >= 15 is 0 Å². The second kappa shape index (κ2) is 10.1. The molecule has 2 aromatic rings. The summed E-state index contributed by atoms with van der Waals surface area (Å²) in [5.41, 5.74) is 3.49. The molecule has 0 saturated carbocycles. The van der Waals surface area contributed by atoms with E-state index in [-0.39, 0.29) is 6.10 Å². The van der Waals surface area contributed by atoms with Gasteiger partial charge in [-0.3, -0.25) is 4.99 Å². The second-order valence-corrected chi connectivity index (χ2v) is 6.52.